The molecule has 1 saturated carbocycles. The van der Waals surface area contributed by atoms with E-state index in [1.54, 1.807) is 18.3 Å². The molecule has 1 amide bonds. The first-order valence-corrected chi connectivity index (χ1v) is 11.3. The van der Waals surface area contributed by atoms with Crippen LogP contribution in [-0.2, 0) is 11.8 Å². The number of anilines is 1. The zero-order chi connectivity index (χ0) is 22.9. The number of aryl methyl sites for hydroxylation is 1. The van der Waals surface area contributed by atoms with Crippen LogP contribution < -0.4 is 15.8 Å². The van der Waals surface area contributed by atoms with Crippen LogP contribution in [0.25, 0.3) is 0 Å². The molecule has 2 fully saturated rings. The predicted molar refractivity (Wildman–Crippen MR) is 121 cm³/mol. The van der Waals surface area contributed by atoms with Gasteiger partial charge in [-0.25, -0.2) is 9.97 Å². The van der Waals surface area contributed by atoms with Gasteiger partial charge in [0.1, 0.15) is 11.5 Å². The fourth-order valence-electron chi connectivity index (χ4n) is 4.96. The van der Waals surface area contributed by atoms with Gasteiger partial charge in [0, 0.05) is 56.4 Å². The van der Waals surface area contributed by atoms with E-state index in [1.807, 2.05) is 11.8 Å². The van der Waals surface area contributed by atoms with Crippen LogP contribution in [0, 0.1) is 5.95 Å². The van der Waals surface area contributed by atoms with E-state index in [4.69, 9.17) is 0 Å². The zero-order valence-electron chi connectivity index (χ0n) is 18.9. The topological polar surface area (TPSA) is 94.2 Å². The lowest BCUT2D eigenvalue weighted by molar-refractivity contribution is 0.0957. The Morgan fingerprint density at radius 1 is 1.31 bits per heavy atom. The number of aromatic nitrogens is 3. The first-order chi connectivity index (χ1) is 15.3. The molecule has 32 heavy (non-hydrogen) atoms. The minimum absolute atomic E-state index is 0.0335. The molecule has 0 radical (unpaired) electrons. The van der Waals surface area contributed by atoms with Gasteiger partial charge >= 0.3 is 0 Å². The second kappa shape index (κ2) is 8.97. The molecule has 8 nitrogen and oxygen atoms in total. The summed E-state index contributed by atoms with van der Waals surface area (Å²) in [4.78, 5) is 39.8. The number of nitrogens with one attached hydrogen (secondary N) is 2. The normalized spacial score (nSPS) is 24.0. The van der Waals surface area contributed by atoms with E-state index in [2.05, 4.69) is 32.1 Å². The van der Waals surface area contributed by atoms with Gasteiger partial charge in [0.05, 0.1) is 5.69 Å². The Kier molecular flexibility index (Phi) is 6.28. The van der Waals surface area contributed by atoms with Gasteiger partial charge in [-0.05, 0) is 37.8 Å². The van der Waals surface area contributed by atoms with E-state index in [0.717, 1.165) is 38.2 Å². The average Bonchev–Trinajstić information content (AvgIpc) is 3.22. The van der Waals surface area contributed by atoms with Gasteiger partial charge in [-0.3, -0.25) is 14.5 Å². The summed E-state index contributed by atoms with van der Waals surface area (Å²) in [6, 6.07) is 3.61. The highest BCUT2D eigenvalue weighted by atomic mass is 19.1. The number of halogens is 1. The number of aromatic amines is 1. The maximum Gasteiger partial charge on any atom is 0.269 e. The van der Waals surface area contributed by atoms with Gasteiger partial charge < -0.3 is 15.2 Å². The number of pyridine rings is 1. The van der Waals surface area contributed by atoms with Crippen molar-refractivity contribution in [1.29, 1.82) is 0 Å². The summed E-state index contributed by atoms with van der Waals surface area (Å²) in [6.07, 6.45) is 5.36. The van der Waals surface area contributed by atoms with Crippen molar-refractivity contribution >= 4 is 11.6 Å². The molecule has 2 atom stereocenters. The van der Waals surface area contributed by atoms with Crippen molar-refractivity contribution in [3.63, 3.8) is 0 Å². The number of hydrogen-bond acceptors (Lipinski definition) is 6. The van der Waals surface area contributed by atoms with Gasteiger partial charge in [-0.2, -0.15) is 4.39 Å². The van der Waals surface area contributed by atoms with Gasteiger partial charge in [-0.1, -0.05) is 13.8 Å². The molecule has 172 valence electrons. The van der Waals surface area contributed by atoms with Crippen molar-refractivity contribution in [2.24, 2.45) is 0 Å². The number of carbonyl (C=O) groups is 1. The summed E-state index contributed by atoms with van der Waals surface area (Å²) >= 11 is 0. The maximum atomic E-state index is 14.5. The van der Waals surface area contributed by atoms with E-state index in [1.165, 1.54) is 7.05 Å². The highest BCUT2D eigenvalue weighted by Crippen LogP contribution is 2.41. The van der Waals surface area contributed by atoms with E-state index in [0.29, 0.717) is 36.8 Å². The summed E-state index contributed by atoms with van der Waals surface area (Å²) in [5.41, 5.74) is 1.06. The summed E-state index contributed by atoms with van der Waals surface area (Å²) in [6.45, 7) is 7.20. The molecule has 1 saturated heterocycles. The Morgan fingerprint density at radius 2 is 2.06 bits per heavy atom. The number of H-pyrrole nitrogens is 1. The van der Waals surface area contributed by atoms with E-state index in [9.17, 15) is 14.0 Å². The SMILES string of the molecule is CCc1cnc(C2(C)CCC(N3CCN(c4ccc(C(=O)NC)nc4F)CC3)C2)[nH]c1=O. The second-order valence-electron chi connectivity index (χ2n) is 9.01. The number of amides is 1. The molecule has 1 aliphatic heterocycles. The van der Waals surface area contributed by atoms with Crippen molar-refractivity contribution < 1.29 is 9.18 Å². The summed E-state index contributed by atoms with van der Waals surface area (Å²) in [7, 11) is 1.50. The molecule has 2 aliphatic rings. The van der Waals surface area contributed by atoms with Crippen molar-refractivity contribution in [2.45, 2.75) is 51.0 Å². The summed E-state index contributed by atoms with van der Waals surface area (Å²) in [5.74, 6) is -0.228. The predicted octanol–water partition coefficient (Wildman–Crippen LogP) is 1.86. The van der Waals surface area contributed by atoms with Crippen LogP contribution >= 0.6 is 0 Å². The number of nitrogens with zero attached hydrogens (tertiary/aromatic N) is 4. The van der Waals surface area contributed by atoms with Crippen molar-refractivity contribution in [1.82, 2.24) is 25.2 Å². The van der Waals surface area contributed by atoms with Crippen LogP contribution in [0.2, 0.25) is 0 Å². The summed E-state index contributed by atoms with van der Waals surface area (Å²) in [5, 5.41) is 2.46. The first-order valence-electron chi connectivity index (χ1n) is 11.3. The van der Waals surface area contributed by atoms with Crippen LogP contribution in [0.15, 0.2) is 23.1 Å². The van der Waals surface area contributed by atoms with E-state index < -0.39 is 11.9 Å². The van der Waals surface area contributed by atoms with Gasteiger partial charge in [0.2, 0.25) is 5.95 Å². The number of carbonyl (C=O) groups excluding carboxylic acids is 1. The molecule has 2 N–H and O–H groups in total. The smallest absolute Gasteiger partial charge is 0.269 e. The molecule has 0 bridgehead atoms. The highest BCUT2D eigenvalue weighted by Gasteiger charge is 2.41. The van der Waals surface area contributed by atoms with Gasteiger partial charge in [0.15, 0.2) is 0 Å². The Bertz CT molecular complexity index is 1050. The van der Waals surface area contributed by atoms with Crippen LogP contribution in [0.3, 0.4) is 0 Å². The molecule has 3 heterocycles. The summed E-state index contributed by atoms with van der Waals surface area (Å²) < 4.78 is 14.5. The molecule has 2 unspecified atom stereocenters. The van der Waals surface area contributed by atoms with Crippen LogP contribution in [0.1, 0.15) is 55.0 Å². The average molecular weight is 443 g/mol. The third-order valence-electron chi connectivity index (χ3n) is 7.00. The maximum absolute atomic E-state index is 14.5. The minimum Gasteiger partial charge on any atom is -0.365 e. The quantitative estimate of drug-likeness (QED) is 0.687. The molecule has 0 aromatic carbocycles. The number of piperazine rings is 1. The van der Waals surface area contributed by atoms with E-state index >= 15 is 0 Å². The van der Waals surface area contributed by atoms with E-state index in [-0.39, 0.29) is 16.7 Å². The van der Waals surface area contributed by atoms with Crippen molar-refractivity contribution in [3.8, 4) is 0 Å². The number of rotatable bonds is 5. The molecule has 9 heteroatoms. The molecule has 1 aliphatic carbocycles. The lowest BCUT2D eigenvalue weighted by atomic mass is 9.87. The van der Waals surface area contributed by atoms with Crippen LogP contribution in [0.4, 0.5) is 10.1 Å². The highest BCUT2D eigenvalue weighted by molar-refractivity contribution is 5.92. The number of hydrogen-bond donors (Lipinski definition) is 2. The molecule has 2 aromatic heterocycles. The largest absolute Gasteiger partial charge is 0.365 e. The Balaban J connectivity index is 1.38. The molecular formula is C23H31FN6O2. The van der Waals surface area contributed by atoms with Gasteiger partial charge in [0.25, 0.3) is 11.5 Å². The standard InChI is InChI=1S/C23H31FN6O2/c1-4-15-14-26-22(28-20(15)31)23(2)8-7-16(13-23)29-9-11-30(12-10-29)18-6-5-17(21(32)25-3)27-19(18)24/h5-6,14,16H,4,7-13H2,1-3H3,(H,25,32)(H,26,28,31). The van der Waals surface area contributed by atoms with Crippen molar-refractivity contribution in [3.05, 3.63) is 51.7 Å². The Hall–Kier alpha value is -2.81. The third kappa shape index (κ3) is 4.26. The first kappa shape index (κ1) is 22.4. The van der Waals surface area contributed by atoms with Crippen LogP contribution in [-0.4, -0.2) is 65.0 Å². The fourth-order valence-corrected chi connectivity index (χ4v) is 4.96. The van der Waals surface area contributed by atoms with Crippen molar-refractivity contribution in [2.75, 3.05) is 38.1 Å². The molecule has 2 aromatic rings. The molecule has 0 spiro atoms. The fraction of sp³-hybridized carbons (Fsp3) is 0.565. The third-order valence-corrected chi connectivity index (χ3v) is 7.00. The second-order valence-corrected chi connectivity index (χ2v) is 9.01. The van der Waals surface area contributed by atoms with Crippen LogP contribution in [0.5, 0.6) is 0 Å². The zero-order valence-corrected chi connectivity index (χ0v) is 18.9. The Labute approximate surface area is 187 Å². The van der Waals surface area contributed by atoms with Gasteiger partial charge in [-0.15, -0.1) is 0 Å². The molecule has 4 rings (SSSR count). The Morgan fingerprint density at radius 3 is 2.69 bits per heavy atom. The molecular weight excluding hydrogens is 411 g/mol. The lowest BCUT2D eigenvalue weighted by Gasteiger charge is -2.39. The monoisotopic (exact) mass is 442 g/mol. The lowest BCUT2D eigenvalue weighted by Crippen LogP contribution is -2.50. The minimum atomic E-state index is -0.612.